The summed E-state index contributed by atoms with van der Waals surface area (Å²) in [6.07, 6.45) is 2.18. The molecule has 0 unspecified atom stereocenters. The molecule has 0 aliphatic heterocycles. The Hall–Kier alpha value is -3.52. The number of nitrogens with one attached hydrogen (secondary N) is 2. The van der Waals surface area contributed by atoms with Crippen molar-refractivity contribution >= 4 is 11.7 Å². The van der Waals surface area contributed by atoms with Gasteiger partial charge in [-0.05, 0) is 35.9 Å². The van der Waals surface area contributed by atoms with E-state index in [1.54, 1.807) is 42.7 Å². The minimum absolute atomic E-state index is 0.0223. The van der Waals surface area contributed by atoms with Gasteiger partial charge in [-0.2, -0.15) is 0 Å². The molecule has 0 saturated carbocycles. The van der Waals surface area contributed by atoms with Crippen molar-refractivity contribution in [3.05, 3.63) is 78.4 Å². The predicted octanol–water partition coefficient (Wildman–Crippen LogP) is 3.26. The summed E-state index contributed by atoms with van der Waals surface area (Å²) < 4.78 is 18.4. The first-order chi connectivity index (χ1) is 13.1. The molecular formula is C19H17FN4O3. The third-order valence-electron chi connectivity index (χ3n) is 3.55. The number of aromatic nitrogens is 2. The molecule has 0 spiro atoms. The normalized spacial score (nSPS) is 11.5. The third kappa shape index (κ3) is 5.48. The van der Waals surface area contributed by atoms with Crippen LogP contribution in [0.3, 0.4) is 0 Å². The van der Waals surface area contributed by atoms with Crippen molar-refractivity contribution < 1.29 is 19.0 Å². The van der Waals surface area contributed by atoms with Crippen LogP contribution in [0.4, 0.5) is 14.9 Å². The molecule has 138 valence electrons. The van der Waals surface area contributed by atoms with Gasteiger partial charge in [-0.3, -0.25) is 0 Å². The van der Waals surface area contributed by atoms with Crippen molar-refractivity contribution in [1.29, 1.82) is 0 Å². The number of aliphatic hydroxyl groups is 1. The number of nitrogens with zero attached hydrogens (tertiary/aromatic N) is 2. The second-order valence-corrected chi connectivity index (χ2v) is 5.56. The fourth-order valence-corrected chi connectivity index (χ4v) is 2.25. The summed E-state index contributed by atoms with van der Waals surface area (Å²) in [6, 6.07) is 13.5. The molecule has 3 aromatic rings. The Morgan fingerprint density at radius 2 is 1.85 bits per heavy atom. The van der Waals surface area contributed by atoms with Crippen molar-refractivity contribution in [3.63, 3.8) is 0 Å². The summed E-state index contributed by atoms with van der Waals surface area (Å²) in [7, 11) is 0. The number of carbonyl (C=O) groups is 1. The molecule has 0 radical (unpaired) electrons. The van der Waals surface area contributed by atoms with Gasteiger partial charge >= 0.3 is 12.0 Å². The van der Waals surface area contributed by atoms with E-state index < -0.39 is 12.1 Å². The lowest BCUT2D eigenvalue weighted by Gasteiger charge is -2.13. The zero-order valence-corrected chi connectivity index (χ0v) is 14.2. The summed E-state index contributed by atoms with van der Waals surface area (Å²) in [5, 5.41) is 15.2. The third-order valence-corrected chi connectivity index (χ3v) is 3.55. The van der Waals surface area contributed by atoms with E-state index in [1.807, 2.05) is 0 Å². The van der Waals surface area contributed by atoms with Crippen LogP contribution in [0.1, 0.15) is 11.7 Å². The fourth-order valence-electron chi connectivity index (χ4n) is 2.25. The number of benzene rings is 2. The quantitative estimate of drug-likeness (QED) is 0.621. The number of anilines is 1. The van der Waals surface area contributed by atoms with Gasteiger partial charge in [0, 0.05) is 30.7 Å². The zero-order valence-electron chi connectivity index (χ0n) is 14.2. The smallest absolute Gasteiger partial charge is 0.321 e. The summed E-state index contributed by atoms with van der Waals surface area (Å²) in [6.45, 7) is -0.0223. The molecule has 0 aliphatic rings. The van der Waals surface area contributed by atoms with E-state index in [1.165, 1.54) is 24.3 Å². The number of carbonyl (C=O) groups excluding carboxylic acids is 1. The van der Waals surface area contributed by atoms with Gasteiger partial charge in [-0.25, -0.2) is 19.2 Å². The van der Waals surface area contributed by atoms with E-state index >= 15 is 0 Å². The molecule has 7 nitrogen and oxygen atoms in total. The van der Waals surface area contributed by atoms with E-state index in [2.05, 4.69) is 20.6 Å². The molecule has 0 aliphatic carbocycles. The van der Waals surface area contributed by atoms with Crippen molar-refractivity contribution in [1.82, 2.24) is 15.3 Å². The predicted molar refractivity (Wildman–Crippen MR) is 96.9 cm³/mol. The zero-order chi connectivity index (χ0) is 19.1. The number of urea groups is 1. The number of ether oxygens (including phenoxy) is 1. The summed E-state index contributed by atoms with van der Waals surface area (Å²) in [4.78, 5) is 19.9. The molecule has 3 rings (SSSR count). The van der Waals surface area contributed by atoms with Crippen molar-refractivity contribution in [2.75, 3.05) is 11.9 Å². The molecule has 3 N–H and O–H groups in total. The van der Waals surface area contributed by atoms with E-state index in [9.17, 15) is 14.3 Å². The Morgan fingerprint density at radius 3 is 2.59 bits per heavy atom. The standard InChI is InChI=1S/C19H17FN4O3/c20-14-7-5-13(6-8-14)17(25)12-23-18(26)24-15-3-1-4-16(11-15)27-19-21-9-2-10-22-19/h1-11,17,25H,12H2,(H2,23,24,26)/t17-/m1/s1. The maximum absolute atomic E-state index is 12.9. The largest absolute Gasteiger partial charge is 0.424 e. The molecule has 2 amide bonds. The minimum Gasteiger partial charge on any atom is -0.424 e. The highest BCUT2D eigenvalue weighted by molar-refractivity contribution is 5.89. The highest BCUT2D eigenvalue weighted by Crippen LogP contribution is 2.21. The lowest BCUT2D eigenvalue weighted by Crippen LogP contribution is -2.32. The second-order valence-electron chi connectivity index (χ2n) is 5.56. The molecule has 8 heteroatoms. The van der Waals surface area contributed by atoms with Crippen LogP contribution < -0.4 is 15.4 Å². The molecule has 2 aromatic carbocycles. The maximum Gasteiger partial charge on any atom is 0.321 e. The number of hydrogen-bond acceptors (Lipinski definition) is 5. The van der Waals surface area contributed by atoms with Crippen LogP contribution in [0.2, 0.25) is 0 Å². The highest BCUT2D eigenvalue weighted by atomic mass is 19.1. The van der Waals surface area contributed by atoms with Crippen molar-refractivity contribution in [2.45, 2.75) is 6.10 Å². The molecule has 1 atom stereocenters. The van der Waals surface area contributed by atoms with Crippen LogP contribution >= 0.6 is 0 Å². The van der Waals surface area contributed by atoms with Gasteiger partial charge in [0.05, 0.1) is 6.10 Å². The van der Waals surface area contributed by atoms with Crippen LogP contribution in [0.25, 0.3) is 0 Å². The summed E-state index contributed by atoms with van der Waals surface area (Å²) in [5.41, 5.74) is 1.01. The molecule has 0 saturated heterocycles. The van der Waals surface area contributed by atoms with Crippen LogP contribution in [0.15, 0.2) is 67.0 Å². The molecule has 1 aromatic heterocycles. The number of rotatable bonds is 6. The van der Waals surface area contributed by atoms with E-state index in [4.69, 9.17) is 4.74 Å². The Kier molecular flexibility index (Phi) is 5.91. The first-order valence-corrected chi connectivity index (χ1v) is 8.13. The van der Waals surface area contributed by atoms with Gasteiger partial charge < -0.3 is 20.5 Å². The topological polar surface area (TPSA) is 96.4 Å². The fraction of sp³-hybridized carbons (Fsp3) is 0.105. The molecule has 27 heavy (non-hydrogen) atoms. The average molecular weight is 368 g/mol. The lowest BCUT2D eigenvalue weighted by atomic mass is 10.1. The minimum atomic E-state index is -0.943. The number of amides is 2. The number of hydrogen-bond donors (Lipinski definition) is 3. The van der Waals surface area contributed by atoms with E-state index in [0.29, 0.717) is 17.0 Å². The lowest BCUT2D eigenvalue weighted by molar-refractivity contribution is 0.175. The van der Waals surface area contributed by atoms with Gasteiger partial charge in [-0.1, -0.05) is 18.2 Å². The molecule has 0 fully saturated rings. The number of aliphatic hydroxyl groups excluding tert-OH is 1. The van der Waals surface area contributed by atoms with Gasteiger partial charge in [-0.15, -0.1) is 0 Å². The Labute approximate surface area is 154 Å². The van der Waals surface area contributed by atoms with Gasteiger partial charge in [0.15, 0.2) is 0 Å². The Morgan fingerprint density at radius 1 is 1.11 bits per heavy atom. The van der Waals surface area contributed by atoms with Gasteiger partial charge in [0.2, 0.25) is 0 Å². The van der Waals surface area contributed by atoms with Crippen LogP contribution in [0, 0.1) is 5.82 Å². The number of halogens is 1. The maximum atomic E-state index is 12.9. The Balaban J connectivity index is 1.53. The molecular weight excluding hydrogens is 351 g/mol. The second kappa shape index (κ2) is 8.72. The summed E-state index contributed by atoms with van der Waals surface area (Å²) in [5.74, 6) is 0.0741. The SMILES string of the molecule is O=C(NC[C@@H](O)c1ccc(F)cc1)Nc1cccc(Oc2ncccn2)c1. The van der Waals surface area contributed by atoms with Gasteiger partial charge in [0.25, 0.3) is 0 Å². The van der Waals surface area contributed by atoms with Crippen LogP contribution in [0.5, 0.6) is 11.8 Å². The summed E-state index contributed by atoms with van der Waals surface area (Å²) >= 11 is 0. The first-order valence-electron chi connectivity index (χ1n) is 8.13. The first kappa shape index (κ1) is 18.3. The van der Waals surface area contributed by atoms with Crippen molar-refractivity contribution in [3.8, 4) is 11.8 Å². The van der Waals surface area contributed by atoms with Crippen molar-refractivity contribution in [2.24, 2.45) is 0 Å². The van der Waals surface area contributed by atoms with E-state index in [0.717, 1.165) is 0 Å². The average Bonchev–Trinajstić information content (AvgIpc) is 2.68. The van der Waals surface area contributed by atoms with E-state index in [-0.39, 0.29) is 18.4 Å². The van der Waals surface area contributed by atoms with Gasteiger partial charge in [0.1, 0.15) is 11.6 Å². The van der Waals surface area contributed by atoms with Crippen LogP contribution in [-0.2, 0) is 0 Å². The highest BCUT2D eigenvalue weighted by Gasteiger charge is 2.10. The molecule has 1 heterocycles. The molecule has 0 bridgehead atoms. The Bertz CT molecular complexity index is 891. The van der Waals surface area contributed by atoms with Crippen LogP contribution in [-0.4, -0.2) is 27.7 Å². The monoisotopic (exact) mass is 368 g/mol.